The van der Waals surface area contributed by atoms with E-state index < -0.39 is 0 Å². The third-order valence-electron chi connectivity index (χ3n) is 7.84. The molecular formula is C40H42N6. The van der Waals surface area contributed by atoms with Crippen molar-refractivity contribution in [3.8, 4) is 22.3 Å². The molecule has 8 aromatic rings. The van der Waals surface area contributed by atoms with Crippen molar-refractivity contribution in [3.63, 3.8) is 0 Å². The summed E-state index contributed by atoms with van der Waals surface area (Å²) in [5.41, 5.74) is 10.8. The number of rotatable bonds is 2. The van der Waals surface area contributed by atoms with Gasteiger partial charge in [-0.15, -0.1) is 0 Å². The third-order valence-corrected chi connectivity index (χ3v) is 7.84. The number of hydrogen-bond acceptors (Lipinski definition) is 4. The topological polar surface area (TPSA) is 61.4 Å². The highest BCUT2D eigenvalue weighted by atomic mass is 14.9. The van der Waals surface area contributed by atoms with Crippen LogP contribution in [-0.4, -0.2) is 29.1 Å². The first-order valence-electron chi connectivity index (χ1n) is 16.0. The van der Waals surface area contributed by atoms with Crippen molar-refractivity contribution in [1.82, 2.24) is 29.1 Å². The lowest BCUT2D eigenvalue weighted by Crippen LogP contribution is -1.87. The number of benzene rings is 2. The summed E-state index contributed by atoms with van der Waals surface area (Å²) in [5.74, 6) is 0. The van der Waals surface area contributed by atoms with E-state index in [-0.39, 0.29) is 0 Å². The minimum absolute atomic E-state index is 1.15. The van der Waals surface area contributed by atoms with Crippen LogP contribution in [0.4, 0.5) is 0 Å². The van der Waals surface area contributed by atoms with Gasteiger partial charge in [0, 0.05) is 102 Å². The van der Waals surface area contributed by atoms with Gasteiger partial charge in [-0.2, -0.15) is 0 Å². The first-order chi connectivity index (χ1) is 22.5. The lowest BCUT2D eigenvalue weighted by molar-refractivity contribution is 1.01. The van der Waals surface area contributed by atoms with Crippen molar-refractivity contribution in [3.05, 3.63) is 122 Å². The van der Waals surface area contributed by atoms with Crippen LogP contribution >= 0.6 is 0 Å². The molecule has 0 fully saturated rings. The summed E-state index contributed by atoms with van der Waals surface area (Å²) in [7, 11) is 4.20. The fourth-order valence-corrected chi connectivity index (χ4v) is 5.72. The Balaban J connectivity index is 0.000000159. The minimum atomic E-state index is 1.15. The summed E-state index contributed by atoms with van der Waals surface area (Å²) >= 11 is 0. The maximum absolute atomic E-state index is 4.29. The van der Waals surface area contributed by atoms with Gasteiger partial charge in [0.1, 0.15) is 0 Å². The van der Waals surface area contributed by atoms with Gasteiger partial charge in [0.25, 0.3) is 0 Å². The Kier molecular flexibility index (Phi) is 10.2. The fraction of sp³-hybridized carbons (Fsp3) is 0.200. The molecule has 0 unspecified atom stereocenters. The SMILES string of the molecule is CC.CCC.Cc1cncc(-c2ccc3c4cnccc4n(C)c3c2)c1.Cn1c2ccncc2c2ccc(-c3ccncc3)cc21. The number of aromatic nitrogens is 6. The van der Waals surface area contributed by atoms with Crippen LogP contribution in [0.3, 0.4) is 0 Å². The van der Waals surface area contributed by atoms with Gasteiger partial charge in [-0.3, -0.25) is 19.9 Å². The molecule has 6 aromatic heterocycles. The maximum atomic E-state index is 4.29. The van der Waals surface area contributed by atoms with Gasteiger partial charge >= 0.3 is 0 Å². The normalized spacial score (nSPS) is 10.6. The largest absolute Gasteiger partial charge is 0.343 e. The Bertz CT molecular complexity index is 2210. The predicted octanol–water partition coefficient (Wildman–Crippen LogP) is 10.3. The van der Waals surface area contributed by atoms with Crippen molar-refractivity contribution in [1.29, 1.82) is 0 Å². The van der Waals surface area contributed by atoms with Crippen LogP contribution in [-0.2, 0) is 14.1 Å². The van der Waals surface area contributed by atoms with Gasteiger partial charge in [-0.1, -0.05) is 58.4 Å². The van der Waals surface area contributed by atoms with Gasteiger partial charge in [0.05, 0.1) is 11.0 Å². The molecule has 232 valence electrons. The molecule has 0 atom stereocenters. The van der Waals surface area contributed by atoms with E-state index in [1.54, 1.807) is 0 Å². The van der Waals surface area contributed by atoms with E-state index in [9.17, 15) is 0 Å². The molecule has 6 heteroatoms. The number of pyridine rings is 4. The molecule has 0 saturated heterocycles. The van der Waals surface area contributed by atoms with E-state index in [4.69, 9.17) is 0 Å². The highest BCUT2D eigenvalue weighted by Gasteiger charge is 2.10. The molecule has 0 bridgehead atoms. The summed E-state index contributed by atoms with van der Waals surface area (Å²) in [6.45, 7) is 10.3. The first kappa shape index (κ1) is 32.0. The van der Waals surface area contributed by atoms with E-state index >= 15 is 0 Å². The summed E-state index contributed by atoms with van der Waals surface area (Å²) in [5, 5.41) is 4.88. The molecule has 6 nitrogen and oxygen atoms in total. The van der Waals surface area contributed by atoms with E-state index in [1.165, 1.54) is 72.3 Å². The standard InChI is InChI=1S/C18H15N3.C17H13N3.C3H8.C2H6/c1-12-7-14(10-20-9-12)13-3-4-15-16-11-19-6-5-17(16)21(2)18(15)8-13;1-20-16-6-9-19-11-15(16)14-3-2-13(10-17(14)20)12-4-7-18-8-5-12;1-3-2;1-2/h3-11H,1-2H3;2-11H,1H3;3H2,1-2H3;1-2H3. The summed E-state index contributed by atoms with van der Waals surface area (Å²) in [4.78, 5) is 16.8. The van der Waals surface area contributed by atoms with Gasteiger partial charge < -0.3 is 9.13 Å². The molecule has 0 aliphatic heterocycles. The second kappa shape index (κ2) is 14.6. The molecule has 8 rings (SSSR count). The van der Waals surface area contributed by atoms with Crippen molar-refractivity contribution in [2.45, 2.75) is 41.0 Å². The summed E-state index contributed by atoms with van der Waals surface area (Å²) in [6.07, 6.45) is 16.2. The molecule has 0 spiro atoms. The monoisotopic (exact) mass is 606 g/mol. The smallest absolute Gasteiger partial charge is 0.0519 e. The van der Waals surface area contributed by atoms with E-state index in [0.717, 1.165) is 5.56 Å². The molecule has 0 amide bonds. The summed E-state index contributed by atoms with van der Waals surface area (Å²) < 4.78 is 4.44. The van der Waals surface area contributed by atoms with Crippen molar-refractivity contribution < 1.29 is 0 Å². The molecular weight excluding hydrogens is 564 g/mol. The Labute approximate surface area is 271 Å². The lowest BCUT2D eigenvalue weighted by Gasteiger charge is -2.04. The van der Waals surface area contributed by atoms with Crippen LogP contribution in [0.15, 0.2) is 116 Å². The quantitative estimate of drug-likeness (QED) is 0.196. The van der Waals surface area contributed by atoms with E-state index in [0.29, 0.717) is 0 Å². The fourth-order valence-electron chi connectivity index (χ4n) is 5.72. The molecule has 6 heterocycles. The number of fused-ring (bicyclic) bond motifs is 6. The van der Waals surface area contributed by atoms with Gasteiger partial charge in [-0.25, -0.2) is 0 Å². The van der Waals surface area contributed by atoms with Gasteiger partial charge in [-0.05, 0) is 71.6 Å². The zero-order chi connectivity index (χ0) is 32.6. The molecule has 0 N–H and O–H groups in total. The molecule has 0 saturated carbocycles. The van der Waals surface area contributed by atoms with E-state index in [2.05, 4.69) is 119 Å². The van der Waals surface area contributed by atoms with Crippen LogP contribution in [0.1, 0.15) is 39.7 Å². The Hall–Kier alpha value is -5.36. The minimum Gasteiger partial charge on any atom is -0.343 e. The van der Waals surface area contributed by atoms with Crippen molar-refractivity contribution in [2.75, 3.05) is 0 Å². The zero-order valence-corrected chi connectivity index (χ0v) is 27.9. The van der Waals surface area contributed by atoms with Crippen LogP contribution < -0.4 is 0 Å². The average Bonchev–Trinajstić information content (AvgIpc) is 3.56. The second-order valence-electron chi connectivity index (χ2n) is 11.1. The lowest BCUT2D eigenvalue weighted by atomic mass is 10.0. The van der Waals surface area contributed by atoms with E-state index in [1.807, 2.05) is 75.6 Å². The Morgan fingerprint density at radius 1 is 0.457 bits per heavy atom. The van der Waals surface area contributed by atoms with Crippen molar-refractivity contribution >= 4 is 43.6 Å². The zero-order valence-electron chi connectivity index (χ0n) is 27.9. The summed E-state index contributed by atoms with van der Waals surface area (Å²) in [6, 6.07) is 23.5. The molecule has 46 heavy (non-hydrogen) atoms. The first-order valence-corrected chi connectivity index (χ1v) is 16.0. The van der Waals surface area contributed by atoms with Crippen LogP contribution in [0.25, 0.3) is 65.9 Å². The Morgan fingerprint density at radius 2 is 0.935 bits per heavy atom. The predicted molar refractivity (Wildman–Crippen MR) is 195 cm³/mol. The van der Waals surface area contributed by atoms with Crippen LogP contribution in [0, 0.1) is 6.92 Å². The molecule has 0 aliphatic rings. The highest BCUT2D eigenvalue weighted by Crippen LogP contribution is 2.32. The Morgan fingerprint density at radius 3 is 1.43 bits per heavy atom. The van der Waals surface area contributed by atoms with Gasteiger partial charge in [0.15, 0.2) is 0 Å². The molecule has 2 aromatic carbocycles. The van der Waals surface area contributed by atoms with Gasteiger partial charge in [0.2, 0.25) is 0 Å². The average molecular weight is 607 g/mol. The maximum Gasteiger partial charge on any atom is 0.0519 e. The molecule has 0 radical (unpaired) electrons. The van der Waals surface area contributed by atoms with Crippen LogP contribution in [0.5, 0.6) is 0 Å². The van der Waals surface area contributed by atoms with Crippen LogP contribution in [0.2, 0.25) is 0 Å². The number of hydrogen-bond donors (Lipinski definition) is 0. The third kappa shape index (κ3) is 6.38. The highest BCUT2D eigenvalue weighted by molar-refractivity contribution is 6.09. The van der Waals surface area contributed by atoms with Crippen molar-refractivity contribution in [2.24, 2.45) is 14.1 Å². The number of aryl methyl sites for hydroxylation is 3. The number of nitrogens with zero attached hydrogens (tertiary/aromatic N) is 6. The molecule has 0 aliphatic carbocycles. The second-order valence-corrected chi connectivity index (χ2v) is 11.1.